The topological polar surface area (TPSA) is 85.7 Å². The summed E-state index contributed by atoms with van der Waals surface area (Å²) in [5.74, 6) is 0. The van der Waals surface area contributed by atoms with Gasteiger partial charge in [-0.3, -0.25) is 0 Å². The minimum absolute atomic E-state index is 0. The van der Waals surface area contributed by atoms with E-state index in [4.69, 9.17) is 19.7 Å². The van der Waals surface area contributed by atoms with Gasteiger partial charge < -0.3 is 5.73 Å². The normalized spacial score (nSPS) is 4.71. The van der Waals surface area contributed by atoms with Gasteiger partial charge in [-0.25, -0.2) is 0 Å². The zero-order chi connectivity index (χ0) is 11.1. The number of nitrogens with two attached hydrogens (primary N) is 1. The van der Waals surface area contributed by atoms with Crippen molar-refractivity contribution in [2.75, 3.05) is 5.73 Å². The number of para-hydroxylation sites is 1. The molecular weight excluding hydrogens is 222 g/mol. The molecule has 0 unspecified atom stereocenters. The van der Waals surface area contributed by atoms with Gasteiger partial charge in [0.1, 0.15) is 0 Å². The Balaban J connectivity index is -0.0000000625. The number of nitrogen functional groups attached to an aromatic ring is 1. The predicted octanol–water partition coefficient (Wildman–Crippen LogP) is 1.15. The van der Waals surface area contributed by atoms with Crippen LogP contribution < -0.4 is 5.73 Å². The summed E-state index contributed by atoms with van der Waals surface area (Å²) in [6, 6.07) is 9.49. The van der Waals surface area contributed by atoms with Gasteiger partial charge in [0.25, 0.3) is 0 Å². The molecule has 66 valence electrons. The van der Waals surface area contributed by atoms with Crippen molar-refractivity contribution in [3.05, 3.63) is 50.3 Å². The first-order valence-corrected chi connectivity index (χ1v) is 2.81. The van der Waals surface area contributed by atoms with Gasteiger partial charge >= 0.3 is 51.3 Å². The maximum absolute atomic E-state index is 7.50. The molecule has 0 amide bonds. The molecule has 5 heteroatoms. The van der Waals surface area contributed by atoms with Crippen molar-refractivity contribution >= 4 is 5.69 Å². The van der Waals surface area contributed by atoms with E-state index < -0.39 is 0 Å². The molecule has 14 heavy (non-hydrogen) atoms. The minimum Gasteiger partial charge on any atom is 6.00 e. The molecule has 4 nitrogen and oxygen atoms in total. The molecule has 0 aliphatic rings. The van der Waals surface area contributed by atoms with E-state index in [-0.39, 0.29) is 17.4 Å². The van der Waals surface area contributed by atoms with E-state index >= 15 is 0 Å². The molecule has 1 rings (SSSR count). The summed E-state index contributed by atoms with van der Waals surface area (Å²) in [6.45, 7) is 13.5. The van der Waals surface area contributed by atoms with Crippen LogP contribution in [0.25, 0.3) is 0 Å². The van der Waals surface area contributed by atoms with Crippen molar-refractivity contribution in [1.82, 2.24) is 0 Å². The van der Waals surface area contributed by atoms with E-state index in [1.807, 2.05) is 30.3 Å². The maximum atomic E-state index is 7.50. The van der Waals surface area contributed by atoms with E-state index in [2.05, 4.69) is 20.0 Å². The molecule has 0 saturated carbocycles. The van der Waals surface area contributed by atoms with Gasteiger partial charge in [-0.05, 0) is 12.1 Å². The fourth-order valence-electron chi connectivity index (χ4n) is 0.453. The van der Waals surface area contributed by atoms with Gasteiger partial charge in [-0.1, -0.05) is 18.2 Å². The Morgan fingerprint density at radius 1 is 0.786 bits per heavy atom. The van der Waals surface area contributed by atoms with Crippen molar-refractivity contribution in [3.63, 3.8) is 0 Å². The van der Waals surface area contributed by atoms with Crippen LogP contribution in [0.15, 0.2) is 30.3 Å². The zero-order valence-corrected chi connectivity index (χ0v) is 8.37. The SMILES string of the molecule is Nc1ccccc1.[C-]#[O+].[C-]#[O+].[C-]#[O+].[Cr+6]. The van der Waals surface area contributed by atoms with Crippen LogP contribution in [0, 0.1) is 20.0 Å². The van der Waals surface area contributed by atoms with Crippen LogP contribution >= 0.6 is 0 Å². The van der Waals surface area contributed by atoms with Gasteiger partial charge in [-0.15, -0.1) is 0 Å². The Hall–Kier alpha value is -1.23. The van der Waals surface area contributed by atoms with Gasteiger partial charge in [0, 0.05) is 5.69 Å². The first-order chi connectivity index (χ1) is 6.39. The molecule has 0 radical (unpaired) electrons. The average Bonchev–Trinajstić information content (AvgIpc) is 2.28. The average molecular weight is 229 g/mol. The standard InChI is InChI=1S/C6H7N.3CO.Cr/c7-6-4-2-1-3-5-6;3*1-2;/h1-5H,7H2;;;;/q;;;;+6. The van der Waals surface area contributed by atoms with E-state index in [9.17, 15) is 0 Å². The molecule has 0 fully saturated rings. The van der Waals surface area contributed by atoms with Crippen LogP contribution in [0.2, 0.25) is 0 Å². The third-order valence-corrected chi connectivity index (χ3v) is 0.800. The summed E-state index contributed by atoms with van der Waals surface area (Å²) < 4.78 is 22.5. The summed E-state index contributed by atoms with van der Waals surface area (Å²) in [4.78, 5) is 0. The van der Waals surface area contributed by atoms with Gasteiger partial charge in [0.15, 0.2) is 0 Å². The number of hydrogen-bond donors (Lipinski definition) is 1. The third-order valence-electron chi connectivity index (χ3n) is 0.800. The zero-order valence-electron chi connectivity index (χ0n) is 7.10. The maximum Gasteiger partial charge on any atom is 6.00 e. The molecule has 1 aromatic carbocycles. The molecule has 1 aromatic rings. The molecule has 0 atom stereocenters. The van der Waals surface area contributed by atoms with E-state index in [0.717, 1.165) is 5.69 Å². The van der Waals surface area contributed by atoms with Crippen LogP contribution in [0.5, 0.6) is 0 Å². The molecule has 0 aliphatic heterocycles. The summed E-state index contributed by atoms with van der Waals surface area (Å²) in [5, 5.41) is 0. The second-order valence-corrected chi connectivity index (χ2v) is 1.41. The first kappa shape index (κ1) is 23.0. The smallest absolute Gasteiger partial charge is 6.00 e. The van der Waals surface area contributed by atoms with Crippen LogP contribution in [0.4, 0.5) is 5.69 Å². The Morgan fingerprint density at radius 3 is 1.21 bits per heavy atom. The fraction of sp³-hybridized carbons (Fsp3) is 0. The van der Waals surface area contributed by atoms with Crippen LogP contribution in [-0.4, -0.2) is 0 Å². The molecular formula is C9H7CrNO3+6. The number of rotatable bonds is 0. The van der Waals surface area contributed by atoms with Crippen LogP contribution in [-0.2, 0) is 31.3 Å². The third kappa shape index (κ3) is 22.4. The Bertz CT molecular complexity index is 229. The number of anilines is 1. The Labute approximate surface area is 93.4 Å². The molecule has 0 heterocycles. The second-order valence-electron chi connectivity index (χ2n) is 1.41. The van der Waals surface area contributed by atoms with E-state index in [0.29, 0.717) is 0 Å². The quantitative estimate of drug-likeness (QED) is 0.404. The summed E-state index contributed by atoms with van der Waals surface area (Å²) in [6.07, 6.45) is 0. The summed E-state index contributed by atoms with van der Waals surface area (Å²) in [7, 11) is 0. The monoisotopic (exact) mass is 229 g/mol. The van der Waals surface area contributed by atoms with Crippen molar-refractivity contribution in [2.24, 2.45) is 0 Å². The fourth-order valence-corrected chi connectivity index (χ4v) is 0.453. The van der Waals surface area contributed by atoms with Gasteiger partial charge in [-0.2, -0.15) is 0 Å². The minimum atomic E-state index is 0. The Morgan fingerprint density at radius 2 is 1.07 bits per heavy atom. The first-order valence-electron chi connectivity index (χ1n) is 2.81. The predicted molar refractivity (Wildman–Crippen MR) is 42.6 cm³/mol. The Kier molecular flexibility index (Phi) is 48.9. The van der Waals surface area contributed by atoms with Gasteiger partial charge in [0.2, 0.25) is 0 Å². The molecule has 0 aliphatic carbocycles. The summed E-state index contributed by atoms with van der Waals surface area (Å²) in [5.41, 5.74) is 6.18. The van der Waals surface area contributed by atoms with E-state index in [1.54, 1.807) is 0 Å². The molecule has 0 aromatic heterocycles. The van der Waals surface area contributed by atoms with Crippen molar-refractivity contribution in [2.45, 2.75) is 0 Å². The van der Waals surface area contributed by atoms with Crippen LogP contribution in [0.3, 0.4) is 0 Å². The summed E-state index contributed by atoms with van der Waals surface area (Å²) >= 11 is 0. The second kappa shape index (κ2) is 29.8. The van der Waals surface area contributed by atoms with Crippen molar-refractivity contribution in [1.29, 1.82) is 0 Å². The largest absolute Gasteiger partial charge is 6.00 e. The molecule has 0 bridgehead atoms. The van der Waals surface area contributed by atoms with Crippen molar-refractivity contribution in [3.8, 4) is 0 Å². The van der Waals surface area contributed by atoms with Crippen molar-refractivity contribution < 1.29 is 31.3 Å². The van der Waals surface area contributed by atoms with E-state index in [1.165, 1.54) is 0 Å². The molecule has 2 N–H and O–H groups in total. The van der Waals surface area contributed by atoms with Gasteiger partial charge in [0.05, 0.1) is 0 Å². The number of benzene rings is 1. The van der Waals surface area contributed by atoms with Crippen LogP contribution in [0.1, 0.15) is 0 Å². The molecule has 0 spiro atoms. The molecule has 0 saturated heterocycles. The number of hydrogen-bond acceptors (Lipinski definition) is 1.